The van der Waals surface area contributed by atoms with Crippen molar-refractivity contribution in [3.63, 3.8) is 0 Å². The van der Waals surface area contributed by atoms with Crippen molar-refractivity contribution in [1.29, 1.82) is 0 Å². The smallest absolute Gasteiger partial charge is 0.289 e. The van der Waals surface area contributed by atoms with Crippen LogP contribution >= 0.6 is 0 Å². The van der Waals surface area contributed by atoms with Crippen LogP contribution in [-0.4, -0.2) is 44.6 Å². The van der Waals surface area contributed by atoms with Crippen LogP contribution in [0.25, 0.3) is 5.69 Å². The Morgan fingerprint density at radius 2 is 2.11 bits per heavy atom. The number of hydrogen-bond donors (Lipinski definition) is 2. The lowest BCUT2D eigenvalue weighted by molar-refractivity contribution is 0.0910. The predicted molar refractivity (Wildman–Crippen MR) is 131 cm³/mol. The third kappa shape index (κ3) is 5.64. The molecule has 10 heteroatoms. The molecular weight excluding hydrogens is 446 g/mol. The number of carbonyl (C=O) groups excluding carboxylic acids is 1. The van der Waals surface area contributed by atoms with Crippen LogP contribution in [0.1, 0.15) is 54.8 Å². The molecule has 2 fully saturated rings. The molecule has 2 aliphatic rings. The maximum absolute atomic E-state index is 12.3. The van der Waals surface area contributed by atoms with Crippen LogP contribution in [-0.2, 0) is 0 Å². The lowest BCUT2D eigenvalue weighted by Gasteiger charge is -2.26. The largest absolute Gasteiger partial charge is 0.366 e. The summed E-state index contributed by atoms with van der Waals surface area (Å²) in [7, 11) is 0. The van der Waals surface area contributed by atoms with Gasteiger partial charge >= 0.3 is 0 Å². The molecular formula is C25H29N7O3. The first-order valence-electron chi connectivity index (χ1n) is 12.1. The van der Waals surface area contributed by atoms with Gasteiger partial charge in [-0.05, 0) is 75.5 Å². The fraction of sp³-hybridized carbons (Fsp3) is 0.440. The second kappa shape index (κ2) is 10.2. The molecule has 35 heavy (non-hydrogen) atoms. The highest BCUT2D eigenvalue weighted by atomic mass is 16.5. The van der Waals surface area contributed by atoms with E-state index >= 15 is 0 Å². The number of amides is 1. The average molecular weight is 476 g/mol. The summed E-state index contributed by atoms with van der Waals surface area (Å²) in [6, 6.07) is 8.90. The van der Waals surface area contributed by atoms with E-state index in [2.05, 4.69) is 30.9 Å². The standard InChI is InChI=1S/C25H29N7O3/c1-16-11-21(35-31-16)25(34)28-14-18-6-5-17(12-18)13-26-22-8-7-20(15-27-22)32-24(33)10-9-23(30-32)29-19-3-2-4-19/h7-11,13,15,17-19H,2-6,12,14H2,1H3,(H,28,34)(H,29,30)/t17?,18-/m1/s1. The number of rotatable bonds is 8. The van der Waals surface area contributed by atoms with Gasteiger partial charge in [-0.2, -0.15) is 4.68 Å². The van der Waals surface area contributed by atoms with Crippen molar-refractivity contribution in [2.75, 3.05) is 11.9 Å². The van der Waals surface area contributed by atoms with Crippen LogP contribution < -0.4 is 16.2 Å². The monoisotopic (exact) mass is 475 g/mol. The first-order chi connectivity index (χ1) is 17.0. The summed E-state index contributed by atoms with van der Waals surface area (Å²) >= 11 is 0. The minimum absolute atomic E-state index is 0.204. The normalized spacial score (nSPS) is 20.1. The zero-order valence-electron chi connectivity index (χ0n) is 19.7. The Kier molecular flexibility index (Phi) is 6.69. The maximum Gasteiger partial charge on any atom is 0.289 e. The van der Waals surface area contributed by atoms with Gasteiger partial charge in [0.2, 0.25) is 5.76 Å². The van der Waals surface area contributed by atoms with Crippen LogP contribution in [0, 0.1) is 18.8 Å². The highest BCUT2D eigenvalue weighted by Gasteiger charge is 2.24. The molecule has 182 valence electrons. The van der Waals surface area contributed by atoms with Gasteiger partial charge in [0.15, 0.2) is 5.82 Å². The van der Waals surface area contributed by atoms with Crippen LogP contribution in [0.2, 0.25) is 0 Å². The Balaban J connectivity index is 1.14. The van der Waals surface area contributed by atoms with Gasteiger partial charge in [0, 0.05) is 30.9 Å². The topological polar surface area (TPSA) is 127 Å². The van der Waals surface area contributed by atoms with Crippen molar-refractivity contribution in [2.24, 2.45) is 16.8 Å². The van der Waals surface area contributed by atoms with E-state index in [1.807, 2.05) is 6.21 Å². The Hall–Kier alpha value is -3.82. The number of anilines is 1. The highest BCUT2D eigenvalue weighted by molar-refractivity contribution is 5.91. The van der Waals surface area contributed by atoms with Crippen LogP contribution in [0.5, 0.6) is 0 Å². The molecule has 2 saturated carbocycles. The number of aliphatic imine (C=N–C) groups is 1. The first kappa shape index (κ1) is 22.9. The lowest BCUT2D eigenvalue weighted by atomic mass is 9.93. The third-order valence-corrected chi connectivity index (χ3v) is 6.64. The molecule has 5 rings (SSSR count). The van der Waals surface area contributed by atoms with Gasteiger partial charge in [0.1, 0.15) is 5.82 Å². The quantitative estimate of drug-likeness (QED) is 0.478. The third-order valence-electron chi connectivity index (χ3n) is 6.64. The van der Waals surface area contributed by atoms with E-state index in [9.17, 15) is 9.59 Å². The van der Waals surface area contributed by atoms with E-state index in [1.54, 1.807) is 37.4 Å². The molecule has 1 unspecified atom stereocenters. The summed E-state index contributed by atoms with van der Waals surface area (Å²) in [5, 5.41) is 14.5. The van der Waals surface area contributed by atoms with E-state index < -0.39 is 0 Å². The number of nitrogens with one attached hydrogen (secondary N) is 2. The molecule has 2 atom stereocenters. The van der Waals surface area contributed by atoms with Crippen molar-refractivity contribution in [1.82, 2.24) is 25.2 Å². The van der Waals surface area contributed by atoms with Gasteiger partial charge in [-0.3, -0.25) is 9.59 Å². The molecule has 2 aliphatic carbocycles. The average Bonchev–Trinajstić information content (AvgIpc) is 3.49. The second-order valence-corrected chi connectivity index (χ2v) is 9.38. The Morgan fingerprint density at radius 3 is 2.83 bits per heavy atom. The minimum atomic E-state index is -0.232. The summed E-state index contributed by atoms with van der Waals surface area (Å²) in [5.41, 5.74) is 1.08. The van der Waals surface area contributed by atoms with Crippen LogP contribution in [0.3, 0.4) is 0 Å². The number of aryl methyl sites for hydroxylation is 1. The van der Waals surface area contributed by atoms with Gasteiger partial charge < -0.3 is 15.2 Å². The molecule has 0 bridgehead atoms. The number of pyridine rings is 1. The number of hydrogen-bond acceptors (Lipinski definition) is 8. The number of carbonyl (C=O) groups is 1. The maximum atomic E-state index is 12.3. The molecule has 0 aromatic carbocycles. The van der Waals surface area contributed by atoms with Crippen molar-refractivity contribution in [2.45, 2.75) is 51.5 Å². The summed E-state index contributed by atoms with van der Waals surface area (Å²) in [5.74, 6) is 2.03. The molecule has 10 nitrogen and oxygen atoms in total. The van der Waals surface area contributed by atoms with Gasteiger partial charge in [-0.15, -0.1) is 5.10 Å². The Morgan fingerprint density at radius 1 is 1.23 bits per heavy atom. The van der Waals surface area contributed by atoms with Crippen molar-refractivity contribution < 1.29 is 9.32 Å². The first-order valence-corrected chi connectivity index (χ1v) is 12.1. The summed E-state index contributed by atoms with van der Waals surface area (Å²) in [6.45, 7) is 2.39. The van der Waals surface area contributed by atoms with Gasteiger partial charge in [0.25, 0.3) is 11.5 Å². The molecule has 3 aromatic heterocycles. The van der Waals surface area contributed by atoms with Crippen LogP contribution in [0.15, 0.2) is 50.8 Å². The molecule has 0 aliphatic heterocycles. The fourth-order valence-electron chi connectivity index (χ4n) is 4.43. The molecule has 0 radical (unpaired) electrons. The van der Waals surface area contributed by atoms with Crippen molar-refractivity contribution in [3.05, 3.63) is 58.3 Å². The zero-order chi connectivity index (χ0) is 24.2. The van der Waals surface area contributed by atoms with Crippen LogP contribution in [0.4, 0.5) is 11.6 Å². The Bertz CT molecular complexity index is 1260. The van der Waals surface area contributed by atoms with E-state index in [0.717, 1.165) is 32.1 Å². The lowest BCUT2D eigenvalue weighted by Crippen LogP contribution is -2.29. The zero-order valence-corrected chi connectivity index (χ0v) is 19.7. The van der Waals surface area contributed by atoms with Gasteiger partial charge in [-0.1, -0.05) is 5.16 Å². The molecule has 3 aromatic rings. The van der Waals surface area contributed by atoms with E-state index in [1.165, 1.54) is 17.2 Å². The van der Waals surface area contributed by atoms with E-state index in [0.29, 0.717) is 47.4 Å². The van der Waals surface area contributed by atoms with Gasteiger partial charge in [-0.25, -0.2) is 9.98 Å². The minimum Gasteiger partial charge on any atom is -0.366 e. The van der Waals surface area contributed by atoms with Crippen molar-refractivity contribution in [3.8, 4) is 5.69 Å². The molecule has 2 N–H and O–H groups in total. The second-order valence-electron chi connectivity index (χ2n) is 9.38. The fourth-order valence-corrected chi connectivity index (χ4v) is 4.43. The highest BCUT2D eigenvalue weighted by Crippen LogP contribution is 2.30. The molecule has 0 spiro atoms. The molecule has 3 heterocycles. The van der Waals surface area contributed by atoms with E-state index in [4.69, 9.17) is 4.52 Å². The van der Waals surface area contributed by atoms with Gasteiger partial charge in [0.05, 0.1) is 17.6 Å². The Labute approximate surface area is 202 Å². The van der Waals surface area contributed by atoms with Crippen molar-refractivity contribution >= 4 is 23.8 Å². The molecule has 0 saturated heterocycles. The SMILES string of the molecule is Cc1cc(C(=O)NC[C@@H]2CCC(C=Nc3ccc(-n4nc(NC5CCC5)ccc4=O)cn3)C2)on1. The van der Waals surface area contributed by atoms with E-state index in [-0.39, 0.29) is 17.2 Å². The summed E-state index contributed by atoms with van der Waals surface area (Å²) < 4.78 is 6.36. The number of aromatic nitrogens is 4. The predicted octanol–water partition coefficient (Wildman–Crippen LogP) is 3.44. The summed E-state index contributed by atoms with van der Waals surface area (Å²) in [4.78, 5) is 33.4. The number of nitrogens with zero attached hydrogens (tertiary/aromatic N) is 5. The summed E-state index contributed by atoms with van der Waals surface area (Å²) in [6.07, 6.45) is 10.1. The molecule has 1 amide bonds.